The summed E-state index contributed by atoms with van der Waals surface area (Å²) in [4.78, 5) is 0. The second-order valence-corrected chi connectivity index (χ2v) is 5.60. The van der Waals surface area contributed by atoms with E-state index in [1.54, 1.807) is 24.3 Å². The molecule has 4 nitrogen and oxygen atoms in total. The number of aromatic hydroxyl groups is 2. The summed E-state index contributed by atoms with van der Waals surface area (Å²) in [6, 6.07) is 14.0. The number of hydrogen-bond donors (Lipinski definition) is 2. The standard InChI is InChI=1S/C18H18N2O2/c1-12(2)17-11-20(14-5-9-16(22)10-6-14)19-18(17)13-3-7-15(21)8-4-13/h3-12,21-22H,1-2H3. The maximum atomic E-state index is 9.44. The summed E-state index contributed by atoms with van der Waals surface area (Å²) in [7, 11) is 0. The predicted octanol–water partition coefficient (Wildman–Crippen LogP) is 4.07. The molecule has 0 aliphatic heterocycles. The minimum atomic E-state index is 0.235. The molecule has 0 unspecified atom stereocenters. The SMILES string of the molecule is CC(C)c1cn(-c2ccc(O)cc2)nc1-c1ccc(O)cc1. The zero-order valence-corrected chi connectivity index (χ0v) is 12.6. The molecule has 1 aromatic heterocycles. The molecule has 3 rings (SSSR count). The van der Waals surface area contributed by atoms with E-state index in [0.29, 0.717) is 5.92 Å². The lowest BCUT2D eigenvalue weighted by Crippen LogP contribution is -1.94. The van der Waals surface area contributed by atoms with E-state index < -0.39 is 0 Å². The fourth-order valence-corrected chi connectivity index (χ4v) is 2.39. The van der Waals surface area contributed by atoms with Gasteiger partial charge in [-0.2, -0.15) is 5.10 Å². The summed E-state index contributed by atoms with van der Waals surface area (Å²) >= 11 is 0. The zero-order valence-electron chi connectivity index (χ0n) is 12.6. The Hall–Kier alpha value is -2.75. The molecule has 22 heavy (non-hydrogen) atoms. The third-order valence-electron chi connectivity index (χ3n) is 3.62. The van der Waals surface area contributed by atoms with E-state index in [1.165, 1.54) is 0 Å². The van der Waals surface area contributed by atoms with E-state index >= 15 is 0 Å². The molecule has 0 atom stereocenters. The van der Waals surface area contributed by atoms with Gasteiger partial charge in [0.05, 0.1) is 11.4 Å². The first-order valence-electron chi connectivity index (χ1n) is 7.23. The smallest absolute Gasteiger partial charge is 0.115 e. The van der Waals surface area contributed by atoms with E-state index in [-0.39, 0.29) is 11.5 Å². The average Bonchev–Trinajstić information content (AvgIpc) is 2.94. The fraction of sp³-hybridized carbons (Fsp3) is 0.167. The van der Waals surface area contributed by atoms with Crippen molar-refractivity contribution in [3.8, 4) is 28.4 Å². The monoisotopic (exact) mass is 294 g/mol. The summed E-state index contributed by atoms with van der Waals surface area (Å²) in [6.45, 7) is 4.25. The molecule has 112 valence electrons. The summed E-state index contributed by atoms with van der Waals surface area (Å²) in [6.07, 6.45) is 2.01. The molecule has 0 spiro atoms. The molecule has 2 aromatic carbocycles. The summed E-state index contributed by atoms with van der Waals surface area (Å²) in [5, 5.41) is 23.5. The Bertz CT molecular complexity index is 772. The second kappa shape index (κ2) is 5.56. The number of rotatable bonds is 3. The molecule has 2 N–H and O–H groups in total. The average molecular weight is 294 g/mol. The molecule has 0 radical (unpaired) electrons. The second-order valence-electron chi connectivity index (χ2n) is 5.60. The Morgan fingerprint density at radius 2 is 1.41 bits per heavy atom. The van der Waals surface area contributed by atoms with Gasteiger partial charge in [-0.05, 0) is 54.4 Å². The molecule has 0 fully saturated rings. The lowest BCUT2D eigenvalue weighted by atomic mass is 10.00. The van der Waals surface area contributed by atoms with Crippen LogP contribution in [0.15, 0.2) is 54.7 Å². The molecular weight excluding hydrogens is 276 g/mol. The van der Waals surface area contributed by atoms with Crippen molar-refractivity contribution in [3.05, 3.63) is 60.3 Å². The number of aromatic nitrogens is 2. The summed E-state index contributed by atoms with van der Waals surface area (Å²) in [5.74, 6) is 0.807. The minimum Gasteiger partial charge on any atom is -0.508 e. The van der Waals surface area contributed by atoms with Gasteiger partial charge in [0.25, 0.3) is 0 Å². The van der Waals surface area contributed by atoms with Gasteiger partial charge in [0.15, 0.2) is 0 Å². The van der Waals surface area contributed by atoms with Crippen molar-refractivity contribution in [1.29, 1.82) is 0 Å². The Morgan fingerprint density at radius 3 is 1.95 bits per heavy atom. The van der Waals surface area contributed by atoms with Gasteiger partial charge in [-0.1, -0.05) is 13.8 Å². The number of phenolic OH excluding ortho intramolecular Hbond substituents is 2. The highest BCUT2D eigenvalue weighted by atomic mass is 16.3. The van der Waals surface area contributed by atoms with E-state index in [2.05, 4.69) is 18.9 Å². The summed E-state index contributed by atoms with van der Waals surface area (Å²) < 4.78 is 1.82. The van der Waals surface area contributed by atoms with Gasteiger partial charge in [-0.15, -0.1) is 0 Å². The van der Waals surface area contributed by atoms with Crippen LogP contribution in [0.5, 0.6) is 11.5 Å². The van der Waals surface area contributed by atoms with Gasteiger partial charge in [0.1, 0.15) is 11.5 Å². The van der Waals surface area contributed by atoms with Crippen LogP contribution in [0.1, 0.15) is 25.3 Å². The largest absolute Gasteiger partial charge is 0.508 e. The van der Waals surface area contributed by atoms with Crippen LogP contribution >= 0.6 is 0 Å². The van der Waals surface area contributed by atoms with Crippen LogP contribution in [0.25, 0.3) is 16.9 Å². The molecule has 0 aliphatic carbocycles. The topological polar surface area (TPSA) is 58.3 Å². The molecule has 0 aliphatic rings. The third-order valence-corrected chi connectivity index (χ3v) is 3.62. The van der Waals surface area contributed by atoms with E-state index in [0.717, 1.165) is 22.5 Å². The Labute approximate surface area is 129 Å². The van der Waals surface area contributed by atoms with Gasteiger partial charge in [-0.3, -0.25) is 0 Å². The van der Waals surface area contributed by atoms with Crippen LogP contribution in [-0.2, 0) is 0 Å². The maximum Gasteiger partial charge on any atom is 0.115 e. The Balaban J connectivity index is 2.09. The van der Waals surface area contributed by atoms with Crippen LogP contribution in [0.3, 0.4) is 0 Å². The number of nitrogens with zero attached hydrogens (tertiary/aromatic N) is 2. The quantitative estimate of drug-likeness (QED) is 0.765. The van der Waals surface area contributed by atoms with E-state index in [1.807, 2.05) is 35.1 Å². The molecule has 0 bridgehead atoms. The van der Waals surface area contributed by atoms with E-state index in [9.17, 15) is 10.2 Å². The maximum absolute atomic E-state index is 9.44. The van der Waals surface area contributed by atoms with Gasteiger partial charge >= 0.3 is 0 Å². The lowest BCUT2D eigenvalue weighted by molar-refractivity contribution is 0.475. The third kappa shape index (κ3) is 2.68. The van der Waals surface area contributed by atoms with Crippen molar-refractivity contribution < 1.29 is 10.2 Å². The number of phenols is 2. The van der Waals surface area contributed by atoms with Crippen LogP contribution in [0.4, 0.5) is 0 Å². The van der Waals surface area contributed by atoms with Crippen molar-refractivity contribution in [2.45, 2.75) is 19.8 Å². The fourth-order valence-electron chi connectivity index (χ4n) is 2.39. The van der Waals surface area contributed by atoms with Gasteiger partial charge in [0.2, 0.25) is 0 Å². The Morgan fingerprint density at radius 1 is 0.864 bits per heavy atom. The normalized spacial score (nSPS) is 11.0. The first kappa shape index (κ1) is 14.2. The highest BCUT2D eigenvalue weighted by Crippen LogP contribution is 2.30. The van der Waals surface area contributed by atoms with Gasteiger partial charge < -0.3 is 10.2 Å². The van der Waals surface area contributed by atoms with Crippen molar-refractivity contribution in [3.63, 3.8) is 0 Å². The van der Waals surface area contributed by atoms with Gasteiger partial charge in [-0.25, -0.2) is 4.68 Å². The van der Waals surface area contributed by atoms with Crippen LogP contribution < -0.4 is 0 Å². The summed E-state index contributed by atoms with van der Waals surface area (Å²) in [5.41, 5.74) is 3.91. The van der Waals surface area contributed by atoms with Crippen molar-refractivity contribution >= 4 is 0 Å². The highest BCUT2D eigenvalue weighted by Gasteiger charge is 2.15. The van der Waals surface area contributed by atoms with Crippen molar-refractivity contribution in [2.24, 2.45) is 0 Å². The van der Waals surface area contributed by atoms with Crippen LogP contribution in [-0.4, -0.2) is 20.0 Å². The number of hydrogen-bond acceptors (Lipinski definition) is 3. The molecule has 1 heterocycles. The van der Waals surface area contributed by atoms with Crippen LogP contribution in [0, 0.1) is 0 Å². The molecule has 3 aromatic rings. The van der Waals surface area contributed by atoms with Crippen molar-refractivity contribution in [2.75, 3.05) is 0 Å². The molecule has 0 saturated heterocycles. The first-order chi connectivity index (χ1) is 10.5. The van der Waals surface area contributed by atoms with Gasteiger partial charge in [0, 0.05) is 17.3 Å². The molecular formula is C18H18N2O2. The minimum absolute atomic E-state index is 0.235. The number of benzene rings is 2. The molecule has 4 heteroatoms. The predicted molar refractivity (Wildman–Crippen MR) is 86.4 cm³/mol. The first-order valence-corrected chi connectivity index (χ1v) is 7.23. The van der Waals surface area contributed by atoms with E-state index in [4.69, 9.17) is 0 Å². The van der Waals surface area contributed by atoms with Crippen molar-refractivity contribution in [1.82, 2.24) is 9.78 Å². The zero-order chi connectivity index (χ0) is 15.7. The lowest BCUT2D eigenvalue weighted by Gasteiger charge is -2.05. The highest BCUT2D eigenvalue weighted by molar-refractivity contribution is 5.64. The molecule has 0 amide bonds. The Kier molecular flexibility index (Phi) is 3.59. The van der Waals surface area contributed by atoms with Crippen LogP contribution in [0.2, 0.25) is 0 Å². The molecule has 0 saturated carbocycles.